The quantitative estimate of drug-likeness (QED) is 0.603. The molecular weight excluding hydrogens is 260 g/mol. The lowest BCUT2D eigenvalue weighted by atomic mass is 10.3. The summed E-state index contributed by atoms with van der Waals surface area (Å²) >= 11 is 0. The molecule has 18 heavy (non-hydrogen) atoms. The van der Waals surface area contributed by atoms with Gasteiger partial charge in [0.2, 0.25) is 0 Å². The van der Waals surface area contributed by atoms with Crippen molar-refractivity contribution >= 4 is 32.7 Å². The predicted molar refractivity (Wildman–Crippen MR) is 88.8 cm³/mol. The molecule has 6 heteroatoms. The van der Waals surface area contributed by atoms with Crippen molar-refractivity contribution in [1.82, 2.24) is 0 Å². The molecule has 0 bridgehead atoms. The van der Waals surface area contributed by atoms with Crippen molar-refractivity contribution in [1.29, 1.82) is 0 Å². The van der Waals surface area contributed by atoms with Gasteiger partial charge in [-0.05, 0) is 22.6 Å². The van der Waals surface area contributed by atoms with E-state index in [0.717, 1.165) is 12.3 Å². The molecule has 0 aliphatic heterocycles. The zero-order valence-electron chi connectivity index (χ0n) is 12.8. The molecule has 104 valence electrons. The largest absolute Gasteiger partial charge is 0.392 e. The number of hydrogen-bond donors (Lipinski definition) is 2. The molecule has 2 atom stereocenters. The van der Waals surface area contributed by atoms with Crippen molar-refractivity contribution in [3.63, 3.8) is 0 Å². The molecule has 2 N–H and O–H groups in total. The molecule has 0 saturated carbocycles. The Morgan fingerprint density at radius 1 is 0.667 bits per heavy atom. The van der Waals surface area contributed by atoms with Crippen LogP contribution >= 0.6 is 15.8 Å². The van der Waals surface area contributed by atoms with Gasteiger partial charge in [-0.3, -0.25) is 0 Å². The second-order valence-corrected chi connectivity index (χ2v) is 12.5. The van der Waals surface area contributed by atoms with Gasteiger partial charge in [-0.15, -0.1) is 0 Å². The normalized spacial score (nSPS) is 15.3. The van der Waals surface area contributed by atoms with E-state index in [0.29, 0.717) is 12.7 Å². The first kappa shape index (κ1) is 24.0. The van der Waals surface area contributed by atoms with Crippen LogP contribution in [0.5, 0.6) is 0 Å². The van der Waals surface area contributed by atoms with Gasteiger partial charge in [-0.1, -0.05) is 57.4 Å². The Bertz CT molecular complexity index is 181. The number of aliphatic hydroxyl groups excluding tert-OH is 2. The molecule has 0 fully saturated rings. The Hall–Kier alpha value is 0.910. The summed E-state index contributed by atoms with van der Waals surface area (Å²) in [5, 5.41) is 19.3. The first-order valence-corrected chi connectivity index (χ1v) is 9.27. The smallest absolute Gasteiger partial charge is 0.0629 e. The molecular formula is C12H28B2O2P2. The van der Waals surface area contributed by atoms with Gasteiger partial charge in [0.1, 0.15) is 0 Å². The summed E-state index contributed by atoms with van der Waals surface area (Å²) < 4.78 is 0. The Labute approximate surface area is 120 Å². The van der Waals surface area contributed by atoms with E-state index in [9.17, 15) is 10.2 Å². The fraction of sp³-hybridized carbons (Fsp3) is 1.00. The van der Waals surface area contributed by atoms with E-state index in [2.05, 4.69) is 41.5 Å². The van der Waals surface area contributed by atoms with Crippen molar-refractivity contribution in [2.24, 2.45) is 0 Å². The molecule has 0 rings (SSSR count). The molecule has 2 nitrogen and oxygen atoms in total. The van der Waals surface area contributed by atoms with Gasteiger partial charge in [0, 0.05) is 16.8 Å². The highest BCUT2D eigenvalue weighted by Crippen LogP contribution is 2.54. The second kappa shape index (κ2) is 9.76. The highest BCUT2D eigenvalue weighted by Gasteiger charge is 2.27. The van der Waals surface area contributed by atoms with Crippen LogP contribution in [0.3, 0.4) is 0 Å². The maximum atomic E-state index is 9.42. The summed E-state index contributed by atoms with van der Waals surface area (Å²) in [6, 6.07) is 0. The van der Waals surface area contributed by atoms with Crippen LogP contribution in [0.25, 0.3) is 0 Å². The highest BCUT2D eigenvalue weighted by molar-refractivity contribution is 7.63. The third kappa shape index (κ3) is 8.92. The Morgan fingerprint density at radius 2 is 0.889 bits per heavy atom. The van der Waals surface area contributed by atoms with Gasteiger partial charge < -0.3 is 10.2 Å². The topological polar surface area (TPSA) is 40.5 Å². The predicted octanol–water partition coefficient (Wildman–Crippen LogP) is 2.69. The molecule has 0 aromatic heterocycles. The second-order valence-electron chi connectivity index (χ2n) is 6.15. The molecule has 0 aromatic rings. The van der Waals surface area contributed by atoms with Crippen molar-refractivity contribution in [2.75, 3.05) is 25.0 Å². The Kier molecular flexibility index (Phi) is 13.0. The summed E-state index contributed by atoms with van der Waals surface area (Å²) in [5.41, 5.74) is 0. The zero-order chi connectivity index (χ0) is 13.0. The van der Waals surface area contributed by atoms with E-state index in [1.54, 1.807) is 0 Å². The summed E-state index contributed by atoms with van der Waals surface area (Å²) in [7, 11) is -0.648. The molecule has 0 saturated heterocycles. The monoisotopic (exact) mass is 288 g/mol. The van der Waals surface area contributed by atoms with Gasteiger partial charge in [0.25, 0.3) is 0 Å². The summed E-state index contributed by atoms with van der Waals surface area (Å²) in [4.78, 5) is 0. The fourth-order valence-electron chi connectivity index (χ4n) is 1.48. The zero-order valence-corrected chi connectivity index (χ0v) is 14.6. The number of aliphatic hydroxyl groups is 2. The molecule has 0 heterocycles. The van der Waals surface area contributed by atoms with Crippen molar-refractivity contribution in [2.45, 2.75) is 51.9 Å². The SMILES string of the molecule is CC(C)(C)[P@](CO)CC[P@@](CO)C(C)(C)C.[B].[B]. The van der Waals surface area contributed by atoms with E-state index in [4.69, 9.17) is 0 Å². The fourth-order valence-corrected chi connectivity index (χ4v) is 5.88. The lowest BCUT2D eigenvalue weighted by Gasteiger charge is -2.34. The van der Waals surface area contributed by atoms with E-state index < -0.39 is 0 Å². The third-order valence-electron chi connectivity index (χ3n) is 2.88. The van der Waals surface area contributed by atoms with E-state index in [1.165, 1.54) is 0 Å². The van der Waals surface area contributed by atoms with Crippen molar-refractivity contribution in [3.8, 4) is 0 Å². The minimum absolute atomic E-state index is 0. The van der Waals surface area contributed by atoms with Crippen LogP contribution in [0.15, 0.2) is 0 Å². The van der Waals surface area contributed by atoms with Gasteiger partial charge >= 0.3 is 0 Å². The van der Waals surface area contributed by atoms with Gasteiger partial charge in [0.15, 0.2) is 0 Å². The minimum atomic E-state index is -0.324. The van der Waals surface area contributed by atoms with Crippen LogP contribution in [0.1, 0.15) is 41.5 Å². The summed E-state index contributed by atoms with van der Waals surface area (Å²) in [5.74, 6) is 0. The molecule has 0 aliphatic carbocycles. The Morgan fingerprint density at radius 3 is 1.00 bits per heavy atom. The summed E-state index contributed by atoms with van der Waals surface area (Å²) in [6.45, 7) is 13.2. The highest BCUT2D eigenvalue weighted by atomic mass is 31.1. The first-order chi connectivity index (χ1) is 7.12. The molecule has 0 amide bonds. The van der Waals surface area contributed by atoms with Crippen LogP contribution in [0, 0.1) is 0 Å². The van der Waals surface area contributed by atoms with Crippen molar-refractivity contribution < 1.29 is 10.2 Å². The molecule has 0 aliphatic rings. The average Bonchev–Trinajstić information content (AvgIpc) is 2.08. The lowest BCUT2D eigenvalue weighted by Crippen LogP contribution is -2.20. The molecule has 0 aromatic carbocycles. The molecule has 0 spiro atoms. The van der Waals surface area contributed by atoms with Gasteiger partial charge in [-0.2, -0.15) is 0 Å². The van der Waals surface area contributed by atoms with Crippen LogP contribution in [0.4, 0.5) is 0 Å². The minimum Gasteiger partial charge on any atom is -0.392 e. The first-order valence-electron chi connectivity index (χ1n) is 5.84. The van der Waals surface area contributed by atoms with Gasteiger partial charge in [-0.25, -0.2) is 0 Å². The van der Waals surface area contributed by atoms with Crippen LogP contribution in [0.2, 0.25) is 0 Å². The van der Waals surface area contributed by atoms with E-state index in [-0.39, 0.29) is 43.0 Å². The number of hydrogen-bond acceptors (Lipinski definition) is 2. The van der Waals surface area contributed by atoms with E-state index >= 15 is 0 Å². The molecule has 0 unspecified atom stereocenters. The lowest BCUT2D eigenvalue weighted by molar-refractivity contribution is 0.365. The maximum Gasteiger partial charge on any atom is 0.0629 e. The summed E-state index contributed by atoms with van der Waals surface area (Å²) in [6.07, 6.45) is 2.80. The van der Waals surface area contributed by atoms with Crippen molar-refractivity contribution in [3.05, 3.63) is 0 Å². The number of rotatable bonds is 5. The average molecular weight is 288 g/mol. The van der Waals surface area contributed by atoms with Crippen LogP contribution in [-0.2, 0) is 0 Å². The standard InChI is InChI=1S/C12H28O2P2.2B/c1-11(2,3)15(9-13)7-8-16(10-14)12(4,5)6;;/h13-14H,7-10H2,1-6H3;;/t15-,16-;;/m0../s1. The van der Waals surface area contributed by atoms with Gasteiger partial charge in [0.05, 0.1) is 12.7 Å². The molecule has 6 radical (unpaired) electrons. The van der Waals surface area contributed by atoms with Crippen LogP contribution < -0.4 is 0 Å². The Balaban J connectivity index is -0.00000112. The maximum absolute atomic E-state index is 9.42. The van der Waals surface area contributed by atoms with Crippen LogP contribution in [-0.4, -0.2) is 62.4 Å². The van der Waals surface area contributed by atoms with E-state index in [1.807, 2.05) is 0 Å². The third-order valence-corrected chi connectivity index (χ3v) is 9.24.